The number of thioether (sulfide) groups is 1. The van der Waals surface area contributed by atoms with Crippen molar-refractivity contribution in [3.63, 3.8) is 0 Å². The Kier molecular flexibility index (Phi) is 5.39. The van der Waals surface area contributed by atoms with Gasteiger partial charge in [0.1, 0.15) is 10.0 Å². The third-order valence-corrected chi connectivity index (χ3v) is 7.90. The van der Waals surface area contributed by atoms with Crippen LogP contribution in [0.2, 0.25) is 5.02 Å². The second-order valence-electron chi connectivity index (χ2n) is 7.68. The third-order valence-electron chi connectivity index (χ3n) is 5.82. The molecule has 0 unspecified atom stereocenters. The number of thiazole rings is 1. The first-order valence-corrected chi connectivity index (χ1v) is 12.4. The van der Waals surface area contributed by atoms with Crippen LogP contribution in [0.4, 0.5) is 17.5 Å². The quantitative estimate of drug-likeness (QED) is 0.528. The average molecular weight is 466 g/mol. The lowest BCUT2D eigenvalue weighted by Gasteiger charge is -2.34. The number of nitrogens with zero attached hydrogens (tertiary/aromatic N) is 4. The zero-order valence-electron chi connectivity index (χ0n) is 16.8. The van der Waals surface area contributed by atoms with E-state index in [4.69, 9.17) is 17.3 Å². The number of aromatic nitrogens is 3. The minimum Gasteiger partial charge on any atom is -0.368 e. The molecule has 0 radical (unpaired) electrons. The number of hydrogen-bond acceptors (Lipinski definition) is 7. The smallest absolute Gasteiger partial charge is 0.222 e. The lowest BCUT2D eigenvalue weighted by Crippen LogP contribution is -2.35. The largest absolute Gasteiger partial charge is 0.368 e. The van der Waals surface area contributed by atoms with Crippen molar-refractivity contribution in [3.8, 4) is 11.8 Å². The van der Waals surface area contributed by atoms with Crippen molar-refractivity contribution in [2.45, 2.75) is 18.3 Å². The van der Waals surface area contributed by atoms with E-state index in [9.17, 15) is 0 Å². The van der Waals surface area contributed by atoms with E-state index in [0.717, 1.165) is 52.7 Å². The summed E-state index contributed by atoms with van der Waals surface area (Å²) in [5.74, 6) is 9.58. The van der Waals surface area contributed by atoms with Crippen LogP contribution in [0.25, 0.3) is 5.57 Å². The summed E-state index contributed by atoms with van der Waals surface area (Å²) in [5.41, 5.74) is 10.1. The molecule has 0 bridgehead atoms. The van der Waals surface area contributed by atoms with Crippen LogP contribution in [0.1, 0.15) is 29.0 Å². The molecule has 4 heterocycles. The van der Waals surface area contributed by atoms with Crippen LogP contribution in [-0.4, -0.2) is 33.0 Å². The molecule has 0 atom stereocenters. The molecule has 0 saturated carbocycles. The lowest BCUT2D eigenvalue weighted by molar-refractivity contribution is 0.425. The van der Waals surface area contributed by atoms with Crippen molar-refractivity contribution in [1.82, 2.24) is 15.0 Å². The van der Waals surface area contributed by atoms with E-state index in [-0.39, 0.29) is 11.4 Å². The predicted molar refractivity (Wildman–Crippen MR) is 131 cm³/mol. The summed E-state index contributed by atoms with van der Waals surface area (Å²) in [6.45, 7) is 4.89. The van der Waals surface area contributed by atoms with Gasteiger partial charge >= 0.3 is 0 Å². The van der Waals surface area contributed by atoms with E-state index >= 15 is 0 Å². The summed E-state index contributed by atoms with van der Waals surface area (Å²) in [6, 6.07) is 6.45. The van der Waals surface area contributed by atoms with Gasteiger partial charge in [-0.15, -0.1) is 11.3 Å². The van der Waals surface area contributed by atoms with Gasteiger partial charge in [-0.1, -0.05) is 36.1 Å². The highest BCUT2D eigenvalue weighted by atomic mass is 35.5. The SMILES string of the molecule is C=C(C#Cc1ccc2c(c1)N(c1nc(N)ncc1Cl)CC21CCSCC1)c1nccs1. The third kappa shape index (κ3) is 3.80. The van der Waals surface area contributed by atoms with Gasteiger partial charge in [0, 0.05) is 34.8 Å². The molecule has 0 amide bonds. The minimum atomic E-state index is 0.0973. The fourth-order valence-corrected chi connectivity index (χ4v) is 6.30. The maximum Gasteiger partial charge on any atom is 0.222 e. The maximum atomic E-state index is 6.50. The van der Waals surface area contributed by atoms with Crippen molar-refractivity contribution < 1.29 is 0 Å². The number of allylic oxidation sites excluding steroid dienone is 1. The predicted octanol–water partition coefficient (Wildman–Crippen LogP) is 5.15. The molecule has 156 valence electrons. The Hall–Kier alpha value is -2.53. The van der Waals surface area contributed by atoms with Crippen LogP contribution >= 0.6 is 34.7 Å². The van der Waals surface area contributed by atoms with E-state index < -0.39 is 0 Å². The number of nitrogens with two attached hydrogens (primary N) is 1. The van der Waals surface area contributed by atoms with Gasteiger partial charge in [0.25, 0.3) is 0 Å². The van der Waals surface area contributed by atoms with Crippen molar-refractivity contribution in [3.05, 3.63) is 63.7 Å². The molecule has 1 aromatic carbocycles. The van der Waals surface area contributed by atoms with Crippen molar-refractivity contribution in [1.29, 1.82) is 0 Å². The molecule has 1 fully saturated rings. The normalized spacial score (nSPS) is 16.6. The molecule has 0 aliphatic carbocycles. The molecule has 2 aromatic heterocycles. The summed E-state index contributed by atoms with van der Waals surface area (Å²) >= 11 is 10.1. The van der Waals surface area contributed by atoms with E-state index in [0.29, 0.717) is 10.8 Å². The van der Waals surface area contributed by atoms with Crippen LogP contribution in [0, 0.1) is 11.8 Å². The summed E-state index contributed by atoms with van der Waals surface area (Å²) in [4.78, 5) is 15.0. The van der Waals surface area contributed by atoms with Crippen LogP contribution in [0.3, 0.4) is 0 Å². The molecule has 5 nitrogen and oxygen atoms in total. The standard InChI is InChI=1S/C23H20ClN5S2/c1-15(21-26-8-11-31-21)2-3-16-4-5-17-19(12-16)29(14-23(17)6-9-30-10-7-23)20-18(24)13-27-22(25)28-20/h4-5,8,11-13H,1,6-7,9-10,14H2,(H2,25,27,28). The highest BCUT2D eigenvalue weighted by Crippen LogP contribution is 2.51. The Morgan fingerprint density at radius 3 is 2.87 bits per heavy atom. The van der Waals surface area contributed by atoms with E-state index in [1.165, 1.54) is 16.9 Å². The molecular weight excluding hydrogens is 446 g/mol. The summed E-state index contributed by atoms with van der Waals surface area (Å²) in [6.07, 6.45) is 5.60. The minimum absolute atomic E-state index is 0.0973. The monoisotopic (exact) mass is 465 g/mol. The summed E-state index contributed by atoms with van der Waals surface area (Å²) in [7, 11) is 0. The second-order valence-corrected chi connectivity index (χ2v) is 10.2. The number of benzene rings is 1. The van der Waals surface area contributed by atoms with Gasteiger partial charge in [0.05, 0.1) is 11.8 Å². The number of rotatable bonds is 2. The van der Waals surface area contributed by atoms with Gasteiger partial charge < -0.3 is 10.6 Å². The average Bonchev–Trinajstić information content (AvgIpc) is 3.42. The zero-order valence-corrected chi connectivity index (χ0v) is 19.2. The van der Waals surface area contributed by atoms with Crippen LogP contribution in [-0.2, 0) is 5.41 Å². The second kappa shape index (κ2) is 8.19. The fourth-order valence-electron chi connectivity index (χ4n) is 4.27. The van der Waals surface area contributed by atoms with Gasteiger partial charge in [-0.05, 0) is 42.0 Å². The Bertz CT molecular complexity index is 1210. The highest BCUT2D eigenvalue weighted by molar-refractivity contribution is 7.99. The Balaban J connectivity index is 1.57. The lowest BCUT2D eigenvalue weighted by atomic mass is 9.77. The van der Waals surface area contributed by atoms with Crippen LogP contribution in [0.15, 0.2) is 42.6 Å². The molecule has 5 rings (SSSR count). The Morgan fingerprint density at radius 2 is 2.10 bits per heavy atom. The first kappa shape index (κ1) is 20.4. The van der Waals surface area contributed by atoms with Crippen molar-refractivity contribution in [2.75, 3.05) is 28.7 Å². The number of fused-ring (bicyclic) bond motifs is 2. The molecule has 3 aromatic rings. The molecule has 2 N–H and O–H groups in total. The van der Waals surface area contributed by atoms with Gasteiger partial charge in [-0.25, -0.2) is 9.97 Å². The fraction of sp³-hybridized carbons (Fsp3) is 0.261. The van der Waals surface area contributed by atoms with E-state index in [2.05, 4.69) is 56.5 Å². The molecule has 1 spiro atoms. The topological polar surface area (TPSA) is 67.9 Å². The number of anilines is 3. The molecule has 2 aliphatic heterocycles. The Morgan fingerprint density at radius 1 is 1.26 bits per heavy atom. The highest BCUT2D eigenvalue weighted by Gasteiger charge is 2.44. The zero-order chi connectivity index (χ0) is 21.4. The van der Waals surface area contributed by atoms with Crippen molar-refractivity contribution in [2.24, 2.45) is 0 Å². The number of halogens is 1. The van der Waals surface area contributed by atoms with Gasteiger partial charge in [-0.2, -0.15) is 16.7 Å². The Labute approximate surface area is 194 Å². The first-order chi connectivity index (χ1) is 15.1. The van der Waals surface area contributed by atoms with Gasteiger partial charge in [0.15, 0.2) is 5.82 Å². The molecule has 2 aliphatic rings. The first-order valence-electron chi connectivity index (χ1n) is 9.94. The molecule has 1 saturated heterocycles. The maximum absolute atomic E-state index is 6.50. The van der Waals surface area contributed by atoms with Gasteiger partial charge in [0.2, 0.25) is 5.95 Å². The van der Waals surface area contributed by atoms with E-state index in [1.54, 1.807) is 12.4 Å². The molecule has 8 heteroatoms. The van der Waals surface area contributed by atoms with Crippen LogP contribution < -0.4 is 10.6 Å². The molecular formula is C23H20ClN5S2. The summed E-state index contributed by atoms with van der Waals surface area (Å²) < 4.78 is 0. The summed E-state index contributed by atoms with van der Waals surface area (Å²) in [5, 5.41) is 3.27. The number of nitrogen functional groups attached to an aromatic ring is 1. The van der Waals surface area contributed by atoms with E-state index in [1.807, 2.05) is 17.1 Å². The van der Waals surface area contributed by atoms with Crippen LogP contribution in [0.5, 0.6) is 0 Å². The molecule has 31 heavy (non-hydrogen) atoms. The number of hydrogen-bond donors (Lipinski definition) is 1. The van der Waals surface area contributed by atoms with Crippen molar-refractivity contribution >= 4 is 57.7 Å². The van der Waals surface area contributed by atoms with Gasteiger partial charge in [-0.3, -0.25) is 0 Å².